The van der Waals surface area contributed by atoms with Crippen molar-refractivity contribution in [1.29, 1.82) is 0 Å². The molecule has 0 aromatic carbocycles. The minimum absolute atomic E-state index is 0.126. The molecule has 2 aromatic heterocycles. The first-order valence-corrected chi connectivity index (χ1v) is 6.24. The van der Waals surface area contributed by atoms with E-state index in [0.29, 0.717) is 5.75 Å². The van der Waals surface area contributed by atoms with Gasteiger partial charge < -0.3 is 0 Å². The zero-order valence-corrected chi connectivity index (χ0v) is 10.3. The highest BCUT2D eigenvalue weighted by molar-refractivity contribution is 8.12. The number of rotatable bonds is 3. The van der Waals surface area contributed by atoms with Crippen molar-refractivity contribution in [2.75, 3.05) is 0 Å². The van der Waals surface area contributed by atoms with Gasteiger partial charge in [0.2, 0.25) is 0 Å². The van der Waals surface area contributed by atoms with Crippen molar-refractivity contribution < 1.29 is 4.79 Å². The van der Waals surface area contributed by atoms with Crippen molar-refractivity contribution in [3.05, 3.63) is 48.3 Å². The molecule has 0 saturated carbocycles. The van der Waals surface area contributed by atoms with Crippen molar-refractivity contribution in [3.8, 4) is 11.4 Å². The van der Waals surface area contributed by atoms with Crippen molar-refractivity contribution in [2.24, 2.45) is 0 Å². The Morgan fingerprint density at radius 1 is 1.18 bits per heavy atom. The molecule has 2 rings (SSSR count). The van der Waals surface area contributed by atoms with Crippen LogP contribution in [0.2, 0.25) is 0 Å². The molecule has 2 heterocycles. The molecule has 0 aliphatic rings. The van der Waals surface area contributed by atoms with E-state index in [2.05, 4.69) is 9.97 Å². The number of thioether (sulfide) groups is 1. The second kappa shape index (κ2) is 5.59. The standard InChI is InChI=1S/C13H12N2OS/c1-10(16)17-9-11-5-7-15-13(8-11)12-4-2-3-6-14-12/h2-8H,9H2,1H3. The lowest BCUT2D eigenvalue weighted by Crippen LogP contribution is -1.90. The third-order valence-electron chi connectivity index (χ3n) is 2.19. The minimum atomic E-state index is 0.126. The van der Waals surface area contributed by atoms with Crippen LogP contribution in [0.3, 0.4) is 0 Å². The zero-order valence-electron chi connectivity index (χ0n) is 9.46. The minimum Gasteiger partial charge on any atom is -0.288 e. The van der Waals surface area contributed by atoms with Crippen LogP contribution in [-0.2, 0) is 10.5 Å². The van der Waals surface area contributed by atoms with Crippen LogP contribution in [0.25, 0.3) is 11.4 Å². The Hall–Kier alpha value is -1.68. The second-order valence-electron chi connectivity index (χ2n) is 3.54. The van der Waals surface area contributed by atoms with Gasteiger partial charge in [-0.2, -0.15) is 0 Å². The molecule has 0 radical (unpaired) electrons. The number of carbonyl (C=O) groups excluding carboxylic acids is 1. The van der Waals surface area contributed by atoms with Crippen LogP contribution >= 0.6 is 11.8 Å². The molecule has 0 bridgehead atoms. The van der Waals surface area contributed by atoms with Crippen LogP contribution in [0.4, 0.5) is 0 Å². The predicted octanol–water partition coefficient (Wildman–Crippen LogP) is 2.92. The van der Waals surface area contributed by atoms with Gasteiger partial charge in [0.05, 0.1) is 11.4 Å². The van der Waals surface area contributed by atoms with Gasteiger partial charge in [0.25, 0.3) is 0 Å². The van der Waals surface area contributed by atoms with Gasteiger partial charge in [0, 0.05) is 25.1 Å². The summed E-state index contributed by atoms with van der Waals surface area (Å²) < 4.78 is 0. The maximum Gasteiger partial charge on any atom is 0.186 e. The largest absolute Gasteiger partial charge is 0.288 e. The van der Waals surface area contributed by atoms with E-state index in [-0.39, 0.29) is 5.12 Å². The molecule has 0 spiro atoms. The summed E-state index contributed by atoms with van der Waals surface area (Å²) in [5, 5.41) is 0.126. The molecule has 2 aromatic rings. The molecule has 0 amide bonds. The summed E-state index contributed by atoms with van der Waals surface area (Å²) in [5.41, 5.74) is 2.77. The molecule has 0 aliphatic carbocycles. The average molecular weight is 244 g/mol. The van der Waals surface area contributed by atoms with Crippen molar-refractivity contribution in [2.45, 2.75) is 12.7 Å². The molecule has 0 N–H and O–H groups in total. The van der Waals surface area contributed by atoms with Crippen LogP contribution in [0.15, 0.2) is 42.7 Å². The third-order valence-corrected chi connectivity index (χ3v) is 3.08. The van der Waals surface area contributed by atoms with E-state index in [9.17, 15) is 4.79 Å². The van der Waals surface area contributed by atoms with Gasteiger partial charge in [-0.15, -0.1) is 0 Å². The molecule has 0 atom stereocenters. The van der Waals surface area contributed by atoms with Crippen LogP contribution in [-0.4, -0.2) is 15.1 Å². The molecular weight excluding hydrogens is 232 g/mol. The smallest absolute Gasteiger partial charge is 0.186 e. The van der Waals surface area contributed by atoms with Crippen LogP contribution in [0.1, 0.15) is 12.5 Å². The Bertz CT molecular complexity index is 514. The Labute approximate surface area is 104 Å². The number of aromatic nitrogens is 2. The number of nitrogens with zero attached hydrogens (tertiary/aromatic N) is 2. The van der Waals surface area contributed by atoms with Gasteiger partial charge in [-0.05, 0) is 29.8 Å². The molecule has 0 fully saturated rings. The quantitative estimate of drug-likeness (QED) is 0.832. The summed E-state index contributed by atoms with van der Waals surface area (Å²) in [4.78, 5) is 19.4. The first kappa shape index (κ1) is 11.8. The summed E-state index contributed by atoms with van der Waals surface area (Å²) in [5.74, 6) is 0.678. The van der Waals surface area contributed by atoms with Crippen molar-refractivity contribution in [3.63, 3.8) is 0 Å². The molecule has 0 unspecified atom stereocenters. The van der Waals surface area contributed by atoms with Crippen LogP contribution in [0, 0.1) is 0 Å². The van der Waals surface area contributed by atoms with Gasteiger partial charge in [0.15, 0.2) is 5.12 Å². The maximum absolute atomic E-state index is 10.9. The summed E-state index contributed by atoms with van der Waals surface area (Å²) in [6, 6.07) is 9.62. The molecule has 17 heavy (non-hydrogen) atoms. The van der Waals surface area contributed by atoms with E-state index in [1.807, 2.05) is 30.3 Å². The third kappa shape index (κ3) is 3.39. The van der Waals surface area contributed by atoms with Gasteiger partial charge >= 0.3 is 0 Å². The number of pyridine rings is 2. The molecule has 3 nitrogen and oxygen atoms in total. The first-order chi connectivity index (χ1) is 8.25. The maximum atomic E-state index is 10.9. The van der Waals surface area contributed by atoms with Gasteiger partial charge in [0.1, 0.15) is 0 Å². The normalized spacial score (nSPS) is 10.2. The summed E-state index contributed by atoms with van der Waals surface area (Å²) in [7, 11) is 0. The van der Waals surface area contributed by atoms with Crippen molar-refractivity contribution >= 4 is 16.9 Å². The van der Waals surface area contributed by atoms with E-state index >= 15 is 0 Å². The monoisotopic (exact) mass is 244 g/mol. The molecule has 4 heteroatoms. The van der Waals surface area contributed by atoms with E-state index in [1.54, 1.807) is 19.3 Å². The number of hydrogen-bond acceptors (Lipinski definition) is 4. The lowest BCUT2D eigenvalue weighted by Gasteiger charge is -2.02. The van der Waals surface area contributed by atoms with Crippen LogP contribution < -0.4 is 0 Å². The Morgan fingerprint density at radius 3 is 2.71 bits per heavy atom. The zero-order chi connectivity index (χ0) is 12.1. The summed E-state index contributed by atoms with van der Waals surface area (Å²) in [6.45, 7) is 1.57. The molecular formula is C13H12N2OS. The van der Waals surface area contributed by atoms with Crippen molar-refractivity contribution in [1.82, 2.24) is 9.97 Å². The lowest BCUT2D eigenvalue weighted by atomic mass is 10.2. The summed E-state index contributed by atoms with van der Waals surface area (Å²) in [6.07, 6.45) is 3.49. The fourth-order valence-corrected chi connectivity index (χ4v) is 1.95. The van der Waals surface area contributed by atoms with E-state index < -0.39 is 0 Å². The Kier molecular flexibility index (Phi) is 3.88. The van der Waals surface area contributed by atoms with E-state index in [4.69, 9.17) is 0 Å². The van der Waals surface area contributed by atoms with Gasteiger partial charge in [-0.1, -0.05) is 17.8 Å². The number of hydrogen-bond donors (Lipinski definition) is 0. The Morgan fingerprint density at radius 2 is 2.00 bits per heavy atom. The SMILES string of the molecule is CC(=O)SCc1ccnc(-c2ccccn2)c1. The fraction of sp³-hybridized carbons (Fsp3) is 0.154. The van der Waals surface area contributed by atoms with Gasteiger partial charge in [-0.25, -0.2) is 0 Å². The van der Waals surface area contributed by atoms with E-state index in [0.717, 1.165) is 17.0 Å². The Balaban J connectivity index is 2.20. The highest BCUT2D eigenvalue weighted by Crippen LogP contribution is 2.18. The van der Waals surface area contributed by atoms with Gasteiger partial charge in [-0.3, -0.25) is 14.8 Å². The average Bonchev–Trinajstić information content (AvgIpc) is 2.38. The van der Waals surface area contributed by atoms with E-state index in [1.165, 1.54) is 11.8 Å². The topological polar surface area (TPSA) is 42.9 Å². The highest BCUT2D eigenvalue weighted by Gasteiger charge is 2.02. The molecule has 0 aliphatic heterocycles. The molecule has 0 saturated heterocycles. The fourth-order valence-electron chi connectivity index (χ4n) is 1.40. The van der Waals surface area contributed by atoms with Crippen LogP contribution in [0.5, 0.6) is 0 Å². The first-order valence-electron chi connectivity index (χ1n) is 5.25. The number of carbonyl (C=O) groups is 1. The highest BCUT2D eigenvalue weighted by atomic mass is 32.2. The summed E-state index contributed by atoms with van der Waals surface area (Å²) >= 11 is 1.30. The lowest BCUT2D eigenvalue weighted by molar-refractivity contribution is -0.109. The predicted molar refractivity (Wildman–Crippen MR) is 69.4 cm³/mol. The molecule has 86 valence electrons. The second-order valence-corrected chi connectivity index (χ2v) is 4.70.